The van der Waals surface area contributed by atoms with Crippen LogP contribution in [0.3, 0.4) is 0 Å². The monoisotopic (exact) mass is 363 g/mol. The van der Waals surface area contributed by atoms with E-state index in [1.807, 2.05) is 42.5 Å². The first-order valence-electron chi connectivity index (χ1n) is 6.24. The molecule has 0 aliphatic heterocycles. The zero-order valence-electron chi connectivity index (χ0n) is 10.9. The molecule has 0 aliphatic carbocycles. The number of aromatic nitrogens is 4. The van der Waals surface area contributed by atoms with Crippen LogP contribution in [-0.2, 0) is 6.54 Å². The summed E-state index contributed by atoms with van der Waals surface area (Å²) in [6, 6.07) is 13.7. The van der Waals surface area contributed by atoms with Crippen LogP contribution in [-0.4, -0.2) is 20.2 Å². The number of benzene rings is 2. The van der Waals surface area contributed by atoms with Gasteiger partial charge in [0.15, 0.2) is 0 Å². The lowest BCUT2D eigenvalue weighted by molar-refractivity contribution is 0.789. The normalized spacial score (nSPS) is 10.6. The summed E-state index contributed by atoms with van der Waals surface area (Å²) in [5, 5.41) is 15.3. The summed E-state index contributed by atoms with van der Waals surface area (Å²) in [4.78, 5) is 0. The van der Waals surface area contributed by atoms with Gasteiger partial charge in [0, 0.05) is 16.0 Å². The number of nitrogens with zero attached hydrogens (tertiary/aromatic N) is 4. The maximum atomic E-state index is 6.23. The van der Waals surface area contributed by atoms with Crippen LogP contribution in [0.15, 0.2) is 53.3 Å². The molecule has 0 saturated heterocycles. The van der Waals surface area contributed by atoms with Gasteiger partial charge in [-0.1, -0.05) is 45.7 Å². The SMILES string of the molecule is Clc1cc(Br)ccc1CNc1ccccc1-n1cnnn1. The molecule has 1 heterocycles. The van der Waals surface area contributed by atoms with Crippen LogP contribution in [0, 0.1) is 0 Å². The molecule has 0 aliphatic rings. The molecule has 1 N–H and O–H groups in total. The molecule has 21 heavy (non-hydrogen) atoms. The lowest BCUT2D eigenvalue weighted by Gasteiger charge is -2.12. The average molecular weight is 365 g/mol. The Morgan fingerprint density at radius 1 is 1.19 bits per heavy atom. The van der Waals surface area contributed by atoms with Crippen LogP contribution in [0.2, 0.25) is 5.02 Å². The molecule has 0 fully saturated rings. The Morgan fingerprint density at radius 3 is 2.81 bits per heavy atom. The predicted molar refractivity (Wildman–Crippen MR) is 85.6 cm³/mol. The van der Waals surface area contributed by atoms with Gasteiger partial charge in [0.2, 0.25) is 0 Å². The summed E-state index contributed by atoms with van der Waals surface area (Å²) >= 11 is 9.63. The van der Waals surface area contributed by atoms with Gasteiger partial charge in [0.05, 0.1) is 11.4 Å². The van der Waals surface area contributed by atoms with Gasteiger partial charge in [-0.2, -0.15) is 4.68 Å². The number of halogens is 2. The lowest BCUT2D eigenvalue weighted by Crippen LogP contribution is -2.05. The molecule has 3 aromatic rings. The second-order valence-corrected chi connectivity index (χ2v) is 5.68. The third-order valence-corrected chi connectivity index (χ3v) is 3.83. The van der Waals surface area contributed by atoms with Crippen molar-refractivity contribution in [1.82, 2.24) is 20.2 Å². The van der Waals surface area contributed by atoms with Gasteiger partial charge in [-0.15, -0.1) is 5.10 Å². The minimum Gasteiger partial charge on any atom is -0.379 e. The fraction of sp³-hybridized carbons (Fsp3) is 0.0714. The van der Waals surface area contributed by atoms with E-state index in [0.717, 1.165) is 26.4 Å². The van der Waals surface area contributed by atoms with Gasteiger partial charge in [0.1, 0.15) is 6.33 Å². The second-order valence-electron chi connectivity index (χ2n) is 4.36. The molecule has 1 aromatic heterocycles. The highest BCUT2D eigenvalue weighted by molar-refractivity contribution is 9.10. The number of para-hydroxylation sites is 2. The molecule has 5 nitrogen and oxygen atoms in total. The summed E-state index contributed by atoms with van der Waals surface area (Å²) in [6.07, 6.45) is 1.56. The summed E-state index contributed by atoms with van der Waals surface area (Å²) < 4.78 is 2.58. The van der Waals surface area contributed by atoms with E-state index in [-0.39, 0.29) is 0 Å². The zero-order valence-corrected chi connectivity index (χ0v) is 13.2. The average Bonchev–Trinajstić information content (AvgIpc) is 3.01. The van der Waals surface area contributed by atoms with Crippen molar-refractivity contribution >= 4 is 33.2 Å². The molecule has 2 aromatic carbocycles. The standard InChI is InChI=1S/C14H11BrClN5/c15-11-6-5-10(12(16)7-11)8-17-13-3-1-2-4-14(13)21-9-18-19-20-21/h1-7,9,17H,8H2. The number of nitrogens with one attached hydrogen (secondary N) is 1. The molecule has 0 spiro atoms. The van der Waals surface area contributed by atoms with Gasteiger partial charge in [0.25, 0.3) is 0 Å². The van der Waals surface area contributed by atoms with E-state index in [0.29, 0.717) is 6.54 Å². The van der Waals surface area contributed by atoms with Crippen LogP contribution in [0.1, 0.15) is 5.56 Å². The molecular formula is C14H11BrClN5. The van der Waals surface area contributed by atoms with E-state index in [4.69, 9.17) is 11.6 Å². The zero-order chi connectivity index (χ0) is 14.7. The smallest absolute Gasteiger partial charge is 0.143 e. The van der Waals surface area contributed by atoms with E-state index in [1.54, 1.807) is 11.0 Å². The van der Waals surface area contributed by atoms with Gasteiger partial charge in [-0.05, 0) is 40.3 Å². The highest BCUT2D eigenvalue weighted by Crippen LogP contribution is 2.24. The maximum absolute atomic E-state index is 6.23. The van der Waals surface area contributed by atoms with Crippen molar-refractivity contribution in [2.75, 3.05) is 5.32 Å². The van der Waals surface area contributed by atoms with Gasteiger partial charge >= 0.3 is 0 Å². The fourth-order valence-corrected chi connectivity index (χ4v) is 2.69. The molecule has 106 valence electrons. The Labute approximate surface area is 135 Å². The largest absolute Gasteiger partial charge is 0.379 e. The Bertz CT molecular complexity index is 745. The highest BCUT2D eigenvalue weighted by atomic mass is 79.9. The molecule has 0 radical (unpaired) electrons. The minimum absolute atomic E-state index is 0.616. The number of tetrazole rings is 1. The van der Waals surface area contributed by atoms with Crippen LogP contribution in [0.4, 0.5) is 5.69 Å². The minimum atomic E-state index is 0.616. The predicted octanol–water partition coefficient (Wildman–Crippen LogP) is 3.69. The summed E-state index contributed by atoms with van der Waals surface area (Å²) in [7, 11) is 0. The summed E-state index contributed by atoms with van der Waals surface area (Å²) in [6.45, 7) is 0.616. The van der Waals surface area contributed by atoms with E-state index in [2.05, 4.69) is 36.8 Å². The van der Waals surface area contributed by atoms with E-state index < -0.39 is 0 Å². The van der Waals surface area contributed by atoms with Crippen molar-refractivity contribution in [2.24, 2.45) is 0 Å². The molecular weight excluding hydrogens is 354 g/mol. The van der Waals surface area contributed by atoms with Gasteiger partial charge < -0.3 is 5.32 Å². The summed E-state index contributed by atoms with van der Waals surface area (Å²) in [5.74, 6) is 0. The van der Waals surface area contributed by atoms with Crippen LogP contribution >= 0.6 is 27.5 Å². The quantitative estimate of drug-likeness (QED) is 0.767. The van der Waals surface area contributed by atoms with Crippen molar-refractivity contribution in [1.29, 1.82) is 0 Å². The molecule has 0 unspecified atom stereocenters. The lowest BCUT2D eigenvalue weighted by atomic mass is 10.2. The Morgan fingerprint density at radius 2 is 2.05 bits per heavy atom. The van der Waals surface area contributed by atoms with E-state index >= 15 is 0 Å². The van der Waals surface area contributed by atoms with Crippen LogP contribution < -0.4 is 5.32 Å². The Balaban J connectivity index is 1.83. The van der Waals surface area contributed by atoms with E-state index in [1.165, 1.54) is 0 Å². The Kier molecular flexibility index (Phi) is 4.17. The number of hydrogen-bond donors (Lipinski definition) is 1. The molecule has 0 saturated carbocycles. The van der Waals surface area contributed by atoms with Crippen molar-refractivity contribution in [3.05, 3.63) is 63.9 Å². The Hall–Kier alpha value is -1.92. The molecule has 0 bridgehead atoms. The maximum Gasteiger partial charge on any atom is 0.143 e. The van der Waals surface area contributed by atoms with Crippen LogP contribution in [0.5, 0.6) is 0 Å². The molecule has 7 heteroatoms. The van der Waals surface area contributed by atoms with Crippen molar-refractivity contribution in [2.45, 2.75) is 6.54 Å². The first-order chi connectivity index (χ1) is 10.2. The van der Waals surface area contributed by atoms with E-state index in [9.17, 15) is 0 Å². The number of hydrogen-bond acceptors (Lipinski definition) is 4. The number of anilines is 1. The highest BCUT2D eigenvalue weighted by Gasteiger charge is 2.06. The molecule has 0 atom stereocenters. The van der Waals surface area contributed by atoms with Gasteiger partial charge in [-0.25, -0.2) is 0 Å². The summed E-state index contributed by atoms with van der Waals surface area (Å²) in [5.41, 5.74) is 2.84. The van der Waals surface area contributed by atoms with Crippen molar-refractivity contribution in [3.8, 4) is 5.69 Å². The van der Waals surface area contributed by atoms with Crippen molar-refractivity contribution in [3.63, 3.8) is 0 Å². The third-order valence-electron chi connectivity index (χ3n) is 2.98. The van der Waals surface area contributed by atoms with Gasteiger partial charge in [-0.3, -0.25) is 0 Å². The third kappa shape index (κ3) is 3.22. The fourth-order valence-electron chi connectivity index (χ4n) is 1.95. The molecule has 0 amide bonds. The topological polar surface area (TPSA) is 55.6 Å². The molecule has 3 rings (SSSR count). The van der Waals surface area contributed by atoms with Crippen molar-refractivity contribution < 1.29 is 0 Å². The van der Waals surface area contributed by atoms with Crippen LogP contribution in [0.25, 0.3) is 5.69 Å². The number of rotatable bonds is 4. The first kappa shape index (κ1) is 14.0. The first-order valence-corrected chi connectivity index (χ1v) is 7.41. The second kappa shape index (κ2) is 6.24.